The maximum absolute atomic E-state index is 13.8. The molecule has 0 aliphatic rings. The lowest BCUT2D eigenvalue weighted by Gasteiger charge is -2.13. The summed E-state index contributed by atoms with van der Waals surface area (Å²) in [6, 6.07) is 6.47. The molecule has 0 fully saturated rings. The molecule has 4 aromatic rings. The van der Waals surface area contributed by atoms with Crippen molar-refractivity contribution in [2.24, 2.45) is 0 Å². The summed E-state index contributed by atoms with van der Waals surface area (Å²) in [5, 5.41) is 12.8. The van der Waals surface area contributed by atoms with Gasteiger partial charge < -0.3 is 10.6 Å². The number of fused-ring (bicyclic) bond motifs is 1. The molecule has 12 heteroatoms. The third kappa shape index (κ3) is 5.55. The highest BCUT2D eigenvalue weighted by molar-refractivity contribution is 6.31. The Kier molecular flexibility index (Phi) is 7.78. The van der Waals surface area contributed by atoms with Crippen LogP contribution in [-0.4, -0.2) is 33.3 Å². The molecule has 33 heavy (non-hydrogen) atoms. The number of hydrogen-bond acceptors (Lipinski definition) is 5. The molecule has 0 saturated heterocycles. The van der Waals surface area contributed by atoms with E-state index in [1.807, 2.05) is 0 Å². The van der Waals surface area contributed by atoms with E-state index in [0.717, 1.165) is 29.3 Å². The SMILES string of the molecule is CF.O=C(Nc1ccc(Cl)c(C(F)F)c1)c1cc(F)cnc1NCc1ccnc2[nH]ncc12. The standard InChI is InChI=1S/C20H14ClF3N6O.CH3F/c21-16-2-1-12(6-13(16)17(23)24)29-20(31)14-5-11(22)8-27-18(14)26-7-10-3-4-25-19-15(10)9-28-30-19;1-2/h1-6,8-9,17H,7H2,(H,26,27)(H,29,31)(H,25,28,30);1H3. The number of aromatic amines is 1. The Balaban J connectivity index is 0.00000149. The van der Waals surface area contributed by atoms with Crippen molar-refractivity contribution in [2.45, 2.75) is 13.0 Å². The molecule has 3 N–H and O–H groups in total. The molecule has 0 spiro atoms. The van der Waals surface area contributed by atoms with E-state index in [1.54, 1.807) is 18.5 Å². The Hall–Kier alpha value is -3.73. The number of amides is 1. The number of H-pyrrole nitrogens is 1. The molecule has 0 saturated carbocycles. The van der Waals surface area contributed by atoms with Gasteiger partial charge in [0.25, 0.3) is 12.3 Å². The maximum Gasteiger partial charge on any atom is 0.265 e. The van der Waals surface area contributed by atoms with Crippen molar-refractivity contribution >= 4 is 40.0 Å². The van der Waals surface area contributed by atoms with E-state index < -0.39 is 23.7 Å². The molecule has 0 bridgehead atoms. The highest BCUT2D eigenvalue weighted by Crippen LogP contribution is 2.30. The van der Waals surface area contributed by atoms with Crippen LogP contribution < -0.4 is 10.6 Å². The fraction of sp³-hybridized carbons (Fsp3) is 0.143. The van der Waals surface area contributed by atoms with Gasteiger partial charge in [-0.2, -0.15) is 5.10 Å². The van der Waals surface area contributed by atoms with Crippen molar-refractivity contribution in [1.82, 2.24) is 20.2 Å². The van der Waals surface area contributed by atoms with Crippen LogP contribution in [0.4, 0.5) is 29.1 Å². The summed E-state index contributed by atoms with van der Waals surface area (Å²) in [5.74, 6) is -1.32. The number of hydrogen-bond donors (Lipinski definition) is 3. The second-order valence-corrected chi connectivity index (χ2v) is 6.90. The molecule has 1 aromatic carbocycles. The molecule has 0 aliphatic carbocycles. The lowest BCUT2D eigenvalue weighted by Crippen LogP contribution is -2.16. The highest BCUT2D eigenvalue weighted by Gasteiger charge is 2.17. The molecule has 3 aromatic heterocycles. The number of halogens is 5. The van der Waals surface area contributed by atoms with Crippen LogP contribution in [0.5, 0.6) is 0 Å². The molecule has 7 nitrogen and oxygen atoms in total. The largest absolute Gasteiger partial charge is 0.365 e. The molecule has 0 unspecified atom stereocenters. The summed E-state index contributed by atoms with van der Waals surface area (Å²) >= 11 is 5.75. The Morgan fingerprint density at radius 1 is 1.15 bits per heavy atom. The van der Waals surface area contributed by atoms with Gasteiger partial charge in [0.05, 0.1) is 25.1 Å². The molecule has 0 radical (unpaired) electrons. The van der Waals surface area contributed by atoms with Gasteiger partial charge in [-0.25, -0.2) is 23.1 Å². The van der Waals surface area contributed by atoms with Crippen molar-refractivity contribution in [1.29, 1.82) is 0 Å². The molecule has 0 aliphatic heterocycles. The minimum absolute atomic E-state index is 0.0916. The van der Waals surface area contributed by atoms with Crippen molar-refractivity contribution in [2.75, 3.05) is 17.8 Å². The highest BCUT2D eigenvalue weighted by atomic mass is 35.5. The van der Waals surface area contributed by atoms with Crippen LogP contribution in [0.25, 0.3) is 11.0 Å². The summed E-state index contributed by atoms with van der Waals surface area (Å²) in [6.07, 6.45) is 1.38. The minimum atomic E-state index is -2.81. The molecule has 3 heterocycles. The van der Waals surface area contributed by atoms with E-state index in [1.165, 1.54) is 12.1 Å². The zero-order chi connectivity index (χ0) is 24.0. The number of carbonyl (C=O) groups excluding carboxylic acids is 1. The fourth-order valence-corrected chi connectivity index (χ4v) is 3.18. The first-order valence-electron chi connectivity index (χ1n) is 9.35. The summed E-state index contributed by atoms with van der Waals surface area (Å²) in [4.78, 5) is 20.8. The topological polar surface area (TPSA) is 95.6 Å². The van der Waals surface area contributed by atoms with Crippen LogP contribution in [0.15, 0.2) is 48.9 Å². The van der Waals surface area contributed by atoms with Crippen LogP contribution in [0.2, 0.25) is 5.02 Å². The number of nitrogens with zero attached hydrogens (tertiary/aromatic N) is 3. The number of aromatic nitrogens is 4. The van der Waals surface area contributed by atoms with Crippen LogP contribution >= 0.6 is 11.6 Å². The minimum Gasteiger partial charge on any atom is -0.365 e. The van der Waals surface area contributed by atoms with Gasteiger partial charge in [-0.1, -0.05) is 11.6 Å². The summed E-state index contributed by atoms with van der Waals surface area (Å²) in [5.41, 5.74) is 1.01. The predicted octanol–water partition coefficient (Wildman–Crippen LogP) is 5.53. The van der Waals surface area contributed by atoms with Crippen molar-refractivity contribution in [3.63, 3.8) is 0 Å². The number of pyridine rings is 2. The van der Waals surface area contributed by atoms with Gasteiger partial charge in [0.1, 0.15) is 11.6 Å². The van der Waals surface area contributed by atoms with E-state index in [9.17, 15) is 22.4 Å². The average Bonchev–Trinajstić information content (AvgIpc) is 3.30. The van der Waals surface area contributed by atoms with Gasteiger partial charge >= 0.3 is 0 Å². The summed E-state index contributed by atoms with van der Waals surface area (Å²) in [6.45, 7) is 0.258. The van der Waals surface area contributed by atoms with Crippen molar-refractivity contribution < 1.29 is 22.4 Å². The van der Waals surface area contributed by atoms with E-state index >= 15 is 0 Å². The van der Waals surface area contributed by atoms with Gasteiger partial charge in [-0.15, -0.1) is 0 Å². The molecular formula is C21H17ClF4N6O. The lowest BCUT2D eigenvalue weighted by molar-refractivity contribution is 0.102. The normalized spacial score (nSPS) is 10.6. The zero-order valence-corrected chi connectivity index (χ0v) is 17.8. The number of nitrogens with one attached hydrogen (secondary N) is 3. The van der Waals surface area contributed by atoms with Crippen LogP contribution in [-0.2, 0) is 6.54 Å². The van der Waals surface area contributed by atoms with Gasteiger partial charge in [0.2, 0.25) is 0 Å². The molecule has 4 rings (SSSR count). The third-order valence-electron chi connectivity index (χ3n) is 4.48. The first-order valence-corrected chi connectivity index (χ1v) is 9.73. The Morgan fingerprint density at radius 2 is 1.94 bits per heavy atom. The first-order chi connectivity index (χ1) is 15.9. The van der Waals surface area contributed by atoms with Crippen LogP contribution in [0.1, 0.15) is 27.9 Å². The Morgan fingerprint density at radius 3 is 2.70 bits per heavy atom. The molecular weight excluding hydrogens is 464 g/mol. The number of rotatable bonds is 6. The summed E-state index contributed by atoms with van der Waals surface area (Å²) < 4.78 is 49.4. The van der Waals surface area contributed by atoms with Gasteiger partial charge in [-0.05, 0) is 35.9 Å². The van der Waals surface area contributed by atoms with E-state index in [2.05, 4.69) is 30.8 Å². The number of anilines is 2. The lowest BCUT2D eigenvalue weighted by atomic mass is 10.1. The third-order valence-corrected chi connectivity index (χ3v) is 4.82. The number of benzene rings is 1. The van der Waals surface area contributed by atoms with Crippen LogP contribution in [0.3, 0.4) is 0 Å². The van der Waals surface area contributed by atoms with E-state index in [4.69, 9.17) is 11.6 Å². The zero-order valence-electron chi connectivity index (χ0n) is 17.0. The van der Waals surface area contributed by atoms with E-state index in [-0.39, 0.29) is 28.6 Å². The van der Waals surface area contributed by atoms with Crippen molar-refractivity contribution in [3.8, 4) is 0 Å². The predicted molar refractivity (Wildman–Crippen MR) is 117 cm³/mol. The smallest absolute Gasteiger partial charge is 0.265 e. The Bertz CT molecular complexity index is 1270. The fourth-order valence-electron chi connectivity index (χ4n) is 2.98. The molecule has 0 atom stereocenters. The van der Waals surface area contributed by atoms with Gasteiger partial charge in [-0.3, -0.25) is 14.3 Å². The molecule has 1 amide bonds. The van der Waals surface area contributed by atoms with Crippen molar-refractivity contribution in [3.05, 3.63) is 76.5 Å². The molecule has 172 valence electrons. The van der Waals surface area contributed by atoms with Gasteiger partial charge in [0.15, 0.2) is 5.65 Å². The quantitative estimate of drug-likeness (QED) is 0.315. The maximum atomic E-state index is 13.8. The second-order valence-electron chi connectivity index (χ2n) is 6.50. The van der Waals surface area contributed by atoms with Crippen LogP contribution in [0, 0.1) is 5.82 Å². The van der Waals surface area contributed by atoms with Gasteiger partial charge in [0, 0.05) is 34.4 Å². The number of carbonyl (C=O) groups is 1. The van der Waals surface area contributed by atoms with E-state index in [0.29, 0.717) is 12.8 Å². The Labute approximate surface area is 190 Å². The average molecular weight is 481 g/mol. The summed E-state index contributed by atoms with van der Waals surface area (Å²) in [7, 11) is 0.500. The number of alkyl halides is 3. The second kappa shape index (κ2) is 10.7. The first kappa shape index (κ1) is 23.9. The monoisotopic (exact) mass is 480 g/mol.